The molecule has 20 heavy (non-hydrogen) atoms. The van der Waals surface area contributed by atoms with E-state index in [4.69, 9.17) is 0 Å². The molecule has 0 amide bonds. The minimum Gasteiger partial charge on any atom is -0.310 e. The third-order valence-corrected chi connectivity index (χ3v) is 5.30. The van der Waals surface area contributed by atoms with Gasteiger partial charge in [0, 0.05) is 19.1 Å². The van der Waals surface area contributed by atoms with Gasteiger partial charge < -0.3 is 5.32 Å². The highest BCUT2D eigenvalue weighted by Gasteiger charge is 2.22. The van der Waals surface area contributed by atoms with Gasteiger partial charge in [0.1, 0.15) is 0 Å². The van der Waals surface area contributed by atoms with Gasteiger partial charge in [-0.2, -0.15) is 4.31 Å². The molecule has 1 N–H and O–H groups in total. The molecule has 0 radical (unpaired) electrons. The molecule has 0 spiro atoms. The molecule has 4 nitrogen and oxygen atoms in total. The molecule has 114 valence electrons. The fourth-order valence-corrected chi connectivity index (χ4v) is 3.81. The second kappa shape index (κ2) is 7.76. The van der Waals surface area contributed by atoms with Gasteiger partial charge in [0.25, 0.3) is 0 Å². The average molecular weight is 298 g/mol. The van der Waals surface area contributed by atoms with Gasteiger partial charge in [0.05, 0.1) is 4.90 Å². The normalized spacial score (nSPS) is 13.7. The molecule has 0 aromatic heterocycles. The standard InChI is InChI=1S/C15H26N2O2S/c1-5-11-17(7-3)20(18,19)15-10-8-9-14(12-15)13(4)16-6-2/h8-10,12-13,16H,5-7,11H2,1-4H3. The first-order chi connectivity index (χ1) is 9.47. The van der Waals surface area contributed by atoms with Crippen LogP contribution in [0.4, 0.5) is 0 Å². The zero-order valence-electron chi connectivity index (χ0n) is 12.9. The van der Waals surface area contributed by atoms with E-state index in [2.05, 4.69) is 5.32 Å². The van der Waals surface area contributed by atoms with Crippen molar-refractivity contribution in [2.75, 3.05) is 19.6 Å². The van der Waals surface area contributed by atoms with Crippen molar-refractivity contribution in [1.82, 2.24) is 9.62 Å². The quantitative estimate of drug-likeness (QED) is 0.803. The van der Waals surface area contributed by atoms with Crippen LogP contribution >= 0.6 is 0 Å². The highest BCUT2D eigenvalue weighted by Crippen LogP contribution is 2.20. The number of nitrogens with zero attached hydrogens (tertiary/aromatic N) is 1. The maximum atomic E-state index is 12.6. The first-order valence-electron chi connectivity index (χ1n) is 7.30. The van der Waals surface area contributed by atoms with E-state index < -0.39 is 10.0 Å². The number of hydrogen-bond donors (Lipinski definition) is 1. The van der Waals surface area contributed by atoms with Crippen molar-refractivity contribution in [3.63, 3.8) is 0 Å². The summed E-state index contributed by atoms with van der Waals surface area (Å²) < 4.78 is 26.7. The lowest BCUT2D eigenvalue weighted by atomic mass is 10.1. The molecule has 0 aliphatic heterocycles. The van der Waals surface area contributed by atoms with Gasteiger partial charge in [-0.15, -0.1) is 0 Å². The Morgan fingerprint density at radius 3 is 2.50 bits per heavy atom. The third kappa shape index (κ3) is 4.04. The van der Waals surface area contributed by atoms with Crippen molar-refractivity contribution < 1.29 is 8.42 Å². The largest absolute Gasteiger partial charge is 0.310 e. The van der Waals surface area contributed by atoms with Crippen molar-refractivity contribution in [2.24, 2.45) is 0 Å². The summed E-state index contributed by atoms with van der Waals surface area (Å²) in [6.45, 7) is 9.86. The van der Waals surface area contributed by atoms with E-state index in [9.17, 15) is 8.42 Å². The van der Waals surface area contributed by atoms with Gasteiger partial charge in [-0.05, 0) is 37.6 Å². The summed E-state index contributed by atoms with van der Waals surface area (Å²) in [4.78, 5) is 0.384. The Morgan fingerprint density at radius 1 is 1.25 bits per heavy atom. The van der Waals surface area contributed by atoms with Gasteiger partial charge >= 0.3 is 0 Å². The van der Waals surface area contributed by atoms with E-state index in [1.165, 1.54) is 4.31 Å². The van der Waals surface area contributed by atoms with Gasteiger partial charge in [-0.25, -0.2) is 8.42 Å². The zero-order valence-corrected chi connectivity index (χ0v) is 13.7. The predicted molar refractivity (Wildman–Crippen MR) is 83.3 cm³/mol. The monoisotopic (exact) mass is 298 g/mol. The summed E-state index contributed by atoms with van der Waals surface area (Å²) in [5.74, 6) is 0. The number of benzene rings is 1. The maximum absolute atomic E-state index is 12.6. The summed E-state index contributed by atoms with van der Waals surface area (Å²) in [6, 6.07) is 7.38. The number of sulfonamides is 1. The van der Waals surface area contributed by atoms with Gasteiger partial charge in [-0.1, -0.05) is 32.9 Å². The van der Waals surface area contributed by atoms with Crippen LogP contribution in [0.15, 0.2) is 29.2 Å². The highest BCUT2D eigenvalue weighted by atomic mass is 32.2. The molecular formula is C15H26N2O2S. The van der Waals surface area contributed by atoms with Gasteiger partial charge in [0.2, 0.25) is 10.0 Å². The average Bonchev–Trinajstić information content (AvgIpc) is 2.45. The number of rotatable bonds is 8. The molecule has 1 rings (SSSR count). The fourth-order valence-electron chi connectivity index (χ4n) is 2.22. The Hall–Kier alpha value is -0.910. The molecule has 1 unspecified atom stereocenters. The summed E-state index contributed by atoms with van der Waals surface area (Å²) in [5, 5.41) is 3.30. The van der Waals surface area contributed by atoms with Crippen LogP contribution in [-0.2, 0) is 10.0 Å². The van der Waals surface area contributed by atoms with Crippen molar-refractivity contribution in [1.29, 1.82) is 0 Å². The van der Waals surface area contributed by atoms with Gasteiger partial charge in [0.15, 0.2) is 0 Å². The zero-order chi connectivity index (χ0) is 15.2. The van der Waals surface area contributed by atoms with Crippen LogP contribution in [0.25, 0.3) is 0 Å². The molecule has 0 saturated heterocycles. The van der Waals surface area contributed by atoms with E-state index in [0.717, 1.165) is 18.5 Å². The second-order valence-electron chi connectivity index (χ2n) is 4.85. The molecule has 1 aromatic rings. The molecule has 0 aliphatic rings. The Bertz CT molecular complexity index is 514. The summed E-state index contributed by atoms with van der Waals surface area (Å²) in [5.41, 5.74) is 1.00. The molecule has 1 aromatic carbocycles. The van der Waals surface area contributed by atoms with E-state index in [1.807, 2.05) is 39.8 Å². The molecule has 0 aliphatic carbocycles. The molecule has 0 fully saturated rings. The van der Waals surface area contributed by atoms with Crippen LogP contribution in [0, 0.1) is 0 Å². The van der Waals surface area contributed by atoms with Crippen molar-refractivity contribution in [3.05, 3.63) is 29.8 Å². The summed E-state index contributed by atoms with van der Waals surface area (Å²) >= 11 is 0. The minimum absolute atomic E-state index is 0.149. The fraction of sp³-hybridized carbons (Fsp3) is 0.600. The van der Waals surface area contributed by atoms with E-state index >= 15 is 0 Å². The van der Waals surface area contributed by atoms with Crippen molar-refractivity contribution in [2.45, 2.75) is 45.1 Å². The Labute approximate surface area is 123 Å². The number of nitrogens with one attached hydrogen (secondary N) is 1. The molecular weight excluding hydrogens is 272 g/mol. The van der Waals surface area contributed by atoms with Crippen molar-refractivity contribution in [3.8, 4) is 0 Å². The van der Waals surface area contributed by atoms with Crippen LogP contribution in [0.1, 0.15) is 45.7 Å². The predicted octanol–water partition coefficient (Wildman–Crippen LogP) is 2.78. The highest BCUT2D eigenvalue weighted by molar-refractivity contribution is 7.89. The molecule has 1 atom stereocenters. The molecule has 0 heterocycles. The minimum atomic E-state index is -3.38. The van der Waals surface area contributed by atoms with E-state index in [0.29, 0.717) is 18.0 Å². The van der Waals surface area contributed by atoms with Crippen LogP contribution in [0.2, 0.25) is 0 Å². The van der Waals surface area contributed by atoms with E-state index in [1.54, 1.807) is 12.1 Å². The first kappa shape index (κ1) is 17.1. The van der Waals surface area contributed by atoms with E-state index in [-0.39, 0.29) is 6.04 Å². The lowest BCUT2D eigenvalue weighted by Gasteiger charge is -2.21. The maximum Gasteiger partial charge on any atom is 0.243 e. The van der Waals surface area contributed by atoms with Crippen LogP contribution in [0.3, 0.4) is 0 Å². The SMILES string of the molecule is CCCN(CC)S(=O)(=O)c1cccc(C(C)NCC)c1. The van der Waals surface area contributed by atoms with Crippen molar-refractivity contribution >= 4 is 10.0 Å². The topological polar surface area (TPSA) is 49.4 Å². The van der Waals surface area contributed by atoms with Crippen LogP contribution < -0.4 is 5.32 Å². The molecule has 0 bridgehead atoms. The van der Waals surface area contributed by atoms with Crippen LogP contribution in [-0.4, -0.2) is 32.4 Å². The smallest absolute Gasteiger partial charge is 0.243 e. The number of hydrogen-bond acceptors (Lipinski definition) is 3. The lowest BCUT2D eigenvalue weighted by Crippen LogP contribution is -2.31. The van der Waals surface area contributed by atoms with Crippen LogP contribution in [0.5, 0.6) is 0 Å². The Morgan fingerprint density at radius 2 is 1.95 bits per heavy atom. The first-order valence-corrected chi connectivity index (χ1v) is 8.74. The molecule has 5 heteroatoms. The third-order valence-electron chi connectivity index (χ3n) is 3.33. The second-order valence-corrected chi connectivity index (χ2v) is 6.79. The summed E-state index contributed by atoms with van der Waals surface area (Å²) in [7, 11) is -3.38. The molecule has 0 saturated carbocycles. The Kier molecular flexibility index (Phi) is 6.65. The van der Waals surface area contributed by atoms with Gasteiger partial charge in [-0.3, -0.25) is 0 Å². The summed E-state index contributed by atoms with van der Waals surface area (Å²) in [6.07, 6.45) is 0.820. The lowest BCUT2D eigenvalue weighted by molar-refractivity contribution is 0.427. The Balaban J connectivity index is 3.09.